The lowest BCUT2D eigenvalue weighted by Crippen LogP contribution is -2.07. The maximum atomic E-state index is 11.6. The number of esters is 1. The van der Waals surface area contributed by atoms with Crippen LogP contribution in [0.5, 0.6) is 0 Å². The standard InChI is InChI=1S/C14H24O2/c1-4-7-9-10-12-13(11-8-5-2)14(15)16-6-3/h9-10,12H,4-8,11H2,1-3H3/b10-9+,13-12+. The summed E-state index contributed by atoms with van der Waals surface area (Å²) in [5, 5.41) is 0. The van der Waals surface area contributed by atoms with Crippen LogP contribution in [0.3, 0.4) is 0 Å². The van der Waals surface area contributed by atoms with E-state index in [9.17, 15) is 4.79 Å². The van der Waals surface area contributed by atoms with Gasteiger partial charge in [-0.05, 0) is 26.2 Å². The molecule has 0 unspecified atom stereocenters. The van der Waals surface area contributed by atoms with Crippen LogP contribution in [-0.4, -0.2) is 12.6 Å². The van der Waals surface area contributed by atoms with Gasteiger partial charge < -0.3 is 4.74 Å². The van der Waals surface area contributed by atoms with E-state index in [4.69, 9.17) is 4.74 Å². The zero-order chi connectivity index (χ0) is 12.2. The molecule has 0 aromatic rings. The number of ether oxygens (including phenoxy) is 1. The fourth-order valence-electron chi connectivity index (χ4n) is 1.29. The van der Waals surface area contributed by atoms with E-state index in [1.165, 1.54) is 0 Å². The molecule has 0 N–H and O–H groups in total. The topological polar surface area (TPSA) is 26.3 Å². The number of unbranched alkanes of at least 4 members (excludes halogenated alkanes) is 2. The molecule has 0 fully saturated rings. The average Bonchev–Trinajstić information content (AvgIpc) is 2.28. The SMILES string of the molecule is CCC/C=C/C=C(\CCCC)C(=O)OCC. The normalized spacial score (nSPS) is 12.1. The van der Waals surface area contributed by atoms with Crippen LogP contribution in [0.4, 0.5) is 0 Å². The Labute approximate surface area is 99.4 Å². The van der Waals surface area contributed by atoms with E-state index in [1.54, 1.807) is 0 Å². The highest BCUT2D eigenvalue weighted by molar-refractivity contribution is 5.88. The second kappa shape index (κ2) is 10.5. The maximum Gasteiger partial charge on any atom is 0.333 e. The summed E-state index contributed by atoms with van der Waals surface area (Å²) in [7, 11) is 0. The molecule has 0 aliphatic carbocycles. The third-order valence-corrected chi connectivity index (χ3v) is 2.23. The second-order valence-corrected chi connectivity index (χ2v) is 3.73. The van der Waals surface area contributed by atoms with Crippen molar-refractivity contribution in [1.29, 1.82) is 0 Å². The zero-order valence-corrected chi connectivity index (χ0v) is 10.8. The van der Waals surface area contributed by atoms with Crippen molar-refractivity contribution in [2.75, 3.05) is 6.61 Å². The molecule has 0 spiro atoms. The molecule has 0 atom stereocenters. The first-order chi connectivity index (χ1) is 7.76. The Hall–Kier alpha value is -1.05. The van der Waals surface area contributed by atoms with Gasteiger partial charge in [-0.25, -0.2) is 4.79 Å². The van der Waals surface area contributed by atoms with Crippen LogP contribution >= 0.6 is 0 Å². The van der Waals surface area contributed by atoms with Crippen molar-refractivity contribution in [1.82, 2.24) is 0 Å². The first-order valence-corrected chi connectivity index (χ1v) is 6.29. The molecule has 0 aromatic carbocycles. The predicted molar refractivity (Wildman–Crippen MR) is 68.3 cm³/mol. The summed E-state index contributed by atoms with van der Waals surface area (Å²) in [5.74, 6) is -0.169. The Morgan fingerprint density at radius 1 is 1.19 bits per heavy atom. The molecular weight excluding hydrogens is 200 g/mol. The maximum absolute atomic E-state index is 11.6. The number of rotatable bonds is 8. The minimum atomic E-state index is -0.169. The van der Waals surface area contributed by atoms with Gasteiger partial charge in [0.15, 0.2) is 0 Å². The van der Waals surface area contributed by atoms with E-state index in [1.807, 2.05) is 19.1 Å². The third kappa shape index (κ3) is 7.27. The largest absolute Gasteiger partial charge is 0.463 e. The summed E-state index contributed by atoms with van der Waals surface area (Å²) in [6.07, 6.45) is 11.1. The lowest BCUT2D eigenvalue weighted by molar-refractivity contribution is -0.138. The summed E-state index contributed by atoms with van der Waals surface area (Å²) in [6.45, 7) is 6.54. The van der Waals surface area contributed by atoms with Crippen LogP contribution in [0, 0.1) is 0 Å². The summed E-state index contributed by atoms with van der Waals surface area (Å²) in [4.78, 5) is 11.6. The molecule has 0 aliphatic rings. The Morgan fingerprint density at radius 3 is 2.50 bits per heavy atom. The van der Waals surface area contributed by atoms with Gasteiger partial charge >= 0.3 is 5.97 Å². The van der Waals surface area contributed by atoms with Gasteiger partial charge in [-0.1, -0.05) is 44.9 Å². The molecule has 0 saturated heterocycles. The van der Waals surface area contributed by atoms with Crippen LogP contribution < -0.4 is 0 Å². The highest BCUT2D eigenvalue weighted by atomic mass is 16.5. The lowest BCUT2D eigenvalue weighted by Gasteiger charge is -2.05. The van der Waals surface area contributed by atoms with E-state index in [0.29, 0.717) is 6.61 Å². The molecule has 0 rings (SSSR count). The lowest BCUT2D eigenvalue weighted by atomic mass is 10.1. The van der Waals surface area contributed by atoms with Crippen molar-refractivity contribution < 1.29 is 9.53 Å². The van der Waals surface area contributed by atoms with Gasteiger partial charge in [0.1, 0.15) is 0 Å². The summed E-state index contributed by atoms with van der Waals surface area (Å²) < 4.78 is 5.02. The highest BCUT2D eigenvalue weighted by Crippen LogP contribution is 2.10. The van der Waals surface area contributed by atoms with Crippen LogP contribution in [0.15, 0.2) is 23.8 Å². The summed E-state index contributed by atoms with van der Waals surface area (Å²) in [5.41, 5.74) is 0.788. The first-order valence-electron chi connectivity index (χ1n) is 6.29. The monoisotopic (exact) mass is 224 g/mol. The van der Waals surface area contributed by atoms with E-state index in [-0.39, 0.29) is 5.97 Å². The molecular formula is C14H24O2. The van der Waals surface area contributed by atoms with Gasteiger partial charge in [0, 0.05) is 5.57 Å². The average molecular weight is 224 g/mol. The molecule has 2 heteroatoms. The second-order valence-electron chi connectivity index (χ2n) is 3.73. The van der Waals surface area contributed by atoms with Crippen LogP contribution in [-0.2, 0) is 9.53 Å². The highest BCUT2D eigenvalue weighted by Gasteiger charge is 2.08. The first kappa shape index (κ1) is 14.9. The summed E-state index contributed by atoms with van der Waals surface area (Å²) >= 11 is 0. The Morgan fingerprint density at radius 2 is 1.94 bits per heavy atom. The van der Waals surface area contributed by atoms with Crippen molar-refractivity contribution in [2.24, 2.45) is 0 Å². The van der Waals surface area contributed by atoms with Crippen molar-refractivity contribution in [3.63, 3.8) is 0 Å². The Bertz CT molecular complexity index is 239. The minimum Gasteiger partial charge on any atom is -0.463 e. The molecule has 2 nitrogen and oxygen atoms in total. The van der Waals surface area contributed by atoms with Crippen LogP contribution in [0.2, 0.25) is 0 Å². The third-order valence-electron chi connectivity index (χ3n) is 2.23. The molecule has 16 heavy (non-hydrogen) atoms. The number of carbonyl (C=O) groups is 1. The molecule has 92 valence electrons. The fourth-order valence-corrected chi connectivity index (χ4v) is 1.29. The number of hydrogen-bond acceptors (Lipinski definition) is 2. The number of hydrogen-bond donors (Lipinski definition) is 0. The smallest absolute Gasteiger partial charge is 0.333 e. The minimum absolute atomic E-state index is 0.169. The van der Waals surface area contributed by atoms with Crippen molar-refractivity contribution >= 4 is 5.97 Å². The summed E-state index contributed by atoms with van der Waals surface area (Å²) in [6, 6.07) is 0. The quantitative estimate of drug-likeness (QED) is 0.353. The van der Waals surface area contributed by atoms with Gasteiger partial charge in [-0.15, -0.1) is 0 Å². The Balaban J connectivity index is 4.33. The Kier molecular flexibility index (Phi) is 9.78. The van der Waals surface area contributed by atoms with Crippen molar-refractivity contribution in [3.8, 4) is 0 Å². The number of allylic oxidation sites excluding steroid dienone is 3. The number of carbonyl (C=O) groups excluding carboxylic acids is 1. The van der Waals surface area contributed by atoms with Gasteiger partial charge in [0.2, 0.25) is 0 Å². The molecule has 0 bridgehead atoms. The fraction of sp³-hybridized carbons (Fsp3) is 0.643. The molecule has 0 radical (unpaired) electrons. The van der Waals surface area contributed by atoms with Crippen LogP contribution in [0.25, 0.3) is 0 Å². The van der Waals surface area contributed by atoms with Gasteiger partial charge in [-0.2, -0.15) is 0 Å². The van der Waals surface area contributed by atoms with E-state index < -0.39 is 0 Å². The van der Waals surface area contributed by atoms with Crippen molar-refractivity contribution in [3.05, 3.63) is 23.8 Å². The molecule has 0 heterocycles. The van der Waals surface area contributed by atoms with E-state index >= 15 is 0 Å². The van der Waals surface area contributed by atoms with E-state index in [0.717, 1.165) is 37.7 Å². The van der Waals surface area contributed by atoms with Gasteiger partial charge in [0.25, 0.3) is 0 Å². The zero-order valence-electron chi connectivity index (χ0n) is 10.8. The van der Waals surface area contributed by atoms with Crippen molar-refractivity contribution in [2.45, 2.75) is 52.9 Å². The predicted octanol–water partition coefficient (Wildman–Crippen LogP) is 4.02. The molecule has 0 aliphatic heterocycles. The molecule has 0 amide bonds. The molecule has 0 aromatic heterocycles. The van der Waals surface area contributed by atoms with Gasteiger partial charge in [0.05, 0.1) is 6.61 Å². The van der Waals surface area contributed by atoms with Gasteiger partial charge in [-0.3, -0.25) is 0 Å². The van der Waals surface area contributed by atoms with Crippen LogP contribution in [0.1, 0.15) is 52.9 Å². The van der Waals surface area contributed by atoms with E-state index in [2.05, 4.69) is 19.9 Å². The molecule has 0 saturated carbocycles.